The molecule has 2 amide bonds. The summed E-state index contributed by atoms with van der Waals surface area (Å²) < 4.78 is 10.7. The summed E-state index contributed by atoms with van der Waals surface area (Å²) in [5.74, 6) is 1.03. The van der Waals surface area contributed by atoms with Crippen LogP contribution in [0.25, 0.3) is 11.4 Å². The zero-order chi connectivity index (χ0) is 22.5. The molecule has 0 unspecified atom stereocenters. The van der Waals surface area contributed by atoms with E-state index < -0.39 is 0 Å². The fourth-order valence-electron chi connectivity index (χ4n) is 4.17. The van der Waals surface area contributed by atoms with Crippen LogP contribution in [0, 0.1) is 5.92 Å². The summed E-state index contributed by atoms with van der Waals surface area (Å²) in [5.41, 5.74) is 1.73. The zero-order valence-corrected chi connectivity index (χ0v) is 18.1. The van der Waals surface area contributed by atoms with E-state index in [1.54, 1.807) is 14.2 Å². The van der Waals surface area contributed by atoms with Crippen molar-refractivity contribution in [2.24, 2.45) is 5.92 Å². The van der Waals surface area contributed by atoms with Crippen LogP contribution >= 0.6 is 0 Å². The van der Waals surface area contributed by atoms with Crippen LogP contribution in [0.5, 0.6) is 5.75 Å². The van der Waals surface area contributed by atoms with Gasteiger partial charge in [-0.1, -0.05) is 47.6 Å². The lowest BCUT2D eigenvalue weighted by Gasteiger charge is -2.18. The lowest BCUT2D eigenvalue weighted by atomic mass is 10.0. The minimum atomic E-state index is -0.271. The molecule has 0 radical (unpaired) electrons. The van der Waals surface area contributed by atoms with Gasteiger partial charge in [0.15, 0.2) is 0 Å². The molecule has 0 aliphatic heterocycles. The van der Waals surface area contributed by atoms with Crippen molar-refractivity contribution >= 4 is 11.8 Å². The first-order valence-electron chi connectivity index (χ1n) is 10.6. The molecule has 166 valence electrons. The number of carbonyl (C=O) groups is 2. The Labute approximate surface area is 186 Å². The van der Waals surface area contributed by atoms with Gasteiger partial charge in [-0.2, -0.15) is 4.98 Å². The van der Waals surface area contributed by atoms with E-state index in [1.807, 2.05) is 54.6 Å². The zero-order valence-electron chi connectivity index (χ0n) is 18.1. The third kappa shape index (κ3) is 4.80. The van der Waals surface area contributed by atoms with Crippen molar-refractivity contribution in [1.82, 2.24) is 20.8 Å². The average Bonchev–Trinajstić information content (AvgIpc) is 3.47. The van der Waals surface area contributed by atoms with E-state index in [4.69, 9.17) is 9.26 Å². The highest BCUT2D eigenvalue weighted by molar-refractivity contribution is 5.81. The number of nitrogens with one attached hydrogen (secondary N) is 2. The molecule has 1 heterocycles. The van der Waals surface area contributed by atoms with E-state index in [0.717, 1.165) is 16.9 Å². The van der Waals surface area contributed by atoms with Crippen molar-refractivity contribution in [3.05, 3.63) is 66.1 Å². The van der Waals surface area contributed by atoms with Crippen molar-refractivity contribution in [2.75, 3.05) is 14.2 Å². The third-order valence-corrected chi connectivity index (χ3v) is 5.84. The Bertz CT molecular complexity index is 1070. The molecule has 2 aromatic carbocycles. The van der Waals surface area contributed by atoms with Crippen LogP contribution in [-0.4, -0.2) is 42.2 Å². The van der Waals surface area contributed by atoms with Crippen LogP contribution in [0.2, 0.25) is 0 Å². The minimum absolute atomic E-state index is 0.0512. The first-order chi connectivity index (χ1) is 15.6. The number of ether oxygens (including phenoxy) is 1. The Morgan fingerprint density at radius 2 is 1.84 bits per heavy atom. The number of amides is 2. The number of hydrogen-bond acceptors (Lipinski definition) is 6. The van der Waals surface area contributed by atoms with Gasteiger partial charge in [-0.25, -0.2) is 0 Å². The maximum absolute atomic E-state index is 12.8. The second kappa shape index (κ2) is 9.64. The quantitative estimate of drug-likeness (QED) is 0.592. The predicted molar refractivity (Wildman–Crippen MR) is 118 cm³/mol. The molecule has 8 heteroatoms. The van der Waals surface area contributed by atoms with Crippen LogP contribution in [0.3, 0.4) is 0 Å². The van der Waals surface area contributed by atoms with Gasteiger partial charge < -0.3 is 19.9 Å². The number of carbonyl (C=O) groups excluding carboxylic acids is 2. The normalized spacial score (nSPS) is 20.0. The number of benzene rings is 2. The molecular weight excluding hydrogens is 408 g/mol. The third-order valence-electron chi connectivity index (χ3n) is 5.84. The van der Waals surface area contributed by atoms with Gasteiger partial charge in [0.1, 0.15) is 5.75 Å². The summed E-state index contributed by atoms with van der Waals surface area (Å²) in [5, 5.41) is 9.90. The maximum Gasteiger partial charge on any atom is 0.232 e. The highest BCUT2D eigenvalue weighted by Gasteiger charge is 2.42. The van der Waals surface area contributed by atoms with Gasteiger partial charge in [-0.05, 0) is 30.5 Å². The van der Waals surface area contributed by atoms with Crippen LogP contribution in [0.4, 0.5) is 0 Å². The van der Waals surface area contributed by atoms with Gasteiger partial charge in [0.2, 0.25) is 23.5 Å². The molecule has 3 atom stereocenters. The summed E-state index contributed by atoms with van der Waals surface area (Å²) in [7, 11) is 3.22. The average molecular weight is 434 g/mol. The molecule has 2 N–H and O–H groups in total. The number of rotatable bonds is 7. The maximum atomic E-state index is 12.8. The molecule has 0 bridgehead atoms. The van der Waals surface area contributed by atoms with Crippen LogP contribution < -0.4 is 15.4 Å². The first kappa shape index (κ1) is 21.5. The van der Waals surface area contributed by atoms with Crippen molar-refractivity contribution in [3.63, 3.8) is 0 Å². The summed E-state index contributed by atoms with van der Waals surface area (Å²) >= 11 is 0. The molecule has 1 saturated carbocycles. The fourth-order valence-corrected chi connectivity index (χ4v) is 4.17. The highest BCUT2D eigenvalue weighted by atomic mass is 16.5. The van der Waals surface area contributed by atoms with Gasteiger partial charge in [0.25, 0.3) is 0 Å². The number of nitrogens with zero attached hydrogens (tertiary/aromatic N) is 2. The van der Waals surface area contributed by atoms with Gasteiger partial charge >= 0.3 is 0 Å². The van der Waals surface area contributed by atoms with E-state index in [1.165, 1.54) is 0 Å². The van der Waals surface area contributed by atoms with E-state index in [2.05, 4.69) is 20.8 Å². The second-order valence-electron chi connectivity index (χ2n) is 7.91. The molecule has 1 aliphatic rings. The minimum Gasteiger partial charge on any atom is -0.497 e. The summed E-state index contributed by atoms with van der Waals surface area (Å²) in [6.45, 7) is 0. The lowest BCUT2D eigenvalue weighted by molar-refractivity contribution is -0.125. The fraction of sp³-hybridized carbons (Fsp3) is 0.333. The molecule has 1 aliphatic carbocycles. The Kier molecular flexibility index (Phi) is 6.49. The summed E-state index contributed by atoms with van der Waals surface area (Å²) in [6, 6.07) is 16.7. The molecule has 3 aromatic rings. The van der Waals surface area contributed by atoms with E-state index >= 15 is 0 Å². The van der Waals surface area contributed by atoms with Gasteiger partial charge in [0, 0.05) is 24.6 Å². The summed E-state index contributed by atoms with van der Waals surface area (Å²) in [6.07, 6.45) is 1.28. The standard InChI is InChI=1S/C24H26N4O4/c1-25-23(30)17-13-19(24-27-22(28-32-24)16-6-4-3-5-7-16)20(14-17)26-21(29)12-15-8-10-18(31-2)11-9-15/h3-11,17,19-20H,12-14H2,1-2H3,(H,25,30)(H,26,29)/t17-,19-,20+/m1/s1. The lowest BCUT2D eigenvalue weighted by Crippen LogP contribution is -2.38. The molecular formula is C24H26N4O4. The van der Waals surface area contributed by atoms with E-state index in [9.17, 15) is 9.59 Å². The SMILES string of the molecule is CNC(=O)[C@H]1C[C@H](NC(=O)Cc2ccc(OC)cc2)[C@H](c2nc(-c3ccccc3)no2)C1. The van der Waals surface area contributed by atoms with Crippen molar-refractivity contribution < 1.29 is 18.8 Å². The van der Waals surface area contributed by atoms with Crippen LogP contribution in [-0.2, 0) is 16.0 Å². The van der Waals surface area contributed by atoms with Gasteiger partial charge in [-0.3, -0.25) is 9.59 Å². The molecule has 1 aromatic heterocycles. The monoisotopic (exact) mass is 434 g/mol. The van der Waals surface area contributed by atoms with Crippen molar-refractivity contribution in [3.8, 4) is 17.1 Å². The summed E-state index contributed by atoms with van der Waals surface area (Å²) in [4.78, 5) is 29.6. The number of hydrogen-bond donors (Lipinski definition) is 2. The van der Waals surface area contributed by atoms with Gasteiger partial charge in [0.05, 0.1) is 19.4 Å². The molecule has 8 nitrogen and oxygen atoms in total. The van der Waals surface area contributed by atoms with Crippen molar-refractivity contribution in [1.29, 1.82) is 0 Å². The van der Waals surface area contributed by atoms with E-state index in [0.29, 0.717) is 24.6 Å². The van der Waals surface area contributed by atoms with Crippen LogP contribution in [0.1, 0.15) is 30.2 Å². The molecule has 32 heavy (non-hydrogen) atoms. The highest BCUT2D eigenvalue weighted by Crippen LogP contribution is 2.38. The predicted octanol–water partition coefficient (Wildman–Crippen LogP) is 2.71. The molecule has 0 spiro atoms. The molecule has 1 fully saturated rings. The van der Waals surface area contributed by atoms with Crippen molar-refractivity contribution in [2.45, 2.75) is 31.2 Å². The topological polar surface area (TPSA) is 106 Å². The van der Waals surface area contributed by atoms with E-state index in [-0.39, 0.29) is 36.1 Å². The smallest absolute Gasteiger partial charge is 0.232 e. The Morgan fingerprint density at radius 3 is 2.53 bits per heavy atom. The number of methoxy groups -OCH3 is 1. The molecule has 0 saturated heterocycles. The first-order valence-corrected chi connectivity index (χ1v) is 10.6. The largest absolute Gasteiger partial charge is 0.497 e. The Morgan fingerprint density at radius 1 is 1.09 bits per heavy atom. The Balaban J connectivity index is 1.49. The molecule has 4 rings (SSSR count). The Hall–Kier alpha value is -3.68. The number of aromatic nitrogens is 2. The van der Waals surface area contributed by atoms with Crippen LogP contribution in [0.15, 0.2) is 59.1 Å². The second-order valence-corrected chi connectivity index (χ2v) is 7.91. The van der Waals surface area contributed by atoms with Gasteiger partial charge in [-0.15, -0.1) is 0 Å².